The molecule has 19 heavy (non-hydrogen) atoms. The van der Waals surface area contributed by atoms with E-state index in [1.165, 1.54) is 17.3 Å². The Labute approximate surface area is 122 Å². The number of amides is 1. The van der Waals surface area contributed by atoms with E-state index in [0.29, 0.717) is 17.3 Å². The maximum Gasteiger partial charge on any atom is 0.230 e. The van der Waals surface area contributed by atoms with E-state index in [1.54, 1.807) is 0 Å². The Hall–Kier alpha value is -0.970. The van der Waals surface area contributed by atoms with Gasteiger partial charge in [0, 0.05) is 23.0 Å². The van der Waals surface area contributed by atoms with Gasteiger partial charge in [0.1, 0.15) is 0 Å². The van der Waals surface area contributed by atoms with Gasteiger partial charge < -0.3 is 10.6 Å². The highest BCUT2D eigenvalue weighted by atomic mass is 35.5. The lowest BCUT2D eigenvalue weighted by atomic mass is 10.1. The quantitative estimate of drug-likeness (QED) is 0.648. The fourth-order valence-corrected chi connectivity index (χ4v) is 2.63. The number of carbonyl (C=O) groups is 1. The second-order valence-electron chi connectivity index (χ2n) is 4.34. The summed E-state index contributed by atoms with van der Waals surface area (Å²) in [5.74, 6) is 0.507. The molecular weight excluding hydrogens is 280 g/mol. The van der Waals surface area contributed by atoms with E-state index in [-0.39, 0.29) is 5.91 Å². The lowest BCUT2D eigenvalue weighted by molar-refractivity contribution is -0.118. The summed E-state index contributed by atoms with van der Waals surface area (Å²) in [6.07, 6.45) is 3.17. The third kappa shape index (κ3) is 5.27. The minimum atomic E-state index is 0.0689. The zero-order valence-electron chi connectivity index (χ0n) is 10.6. The summed E-state index contributed by atoms with van der Waals surface area (Å²) in [7, 11) is 0. The number of hydrogen-bond donors (Lipinski definition) is 2. The minimum Gasteiger partial charge on any atom is -0.352 e. The fourth-order valence-electron chi connectivity index (χ4n) is 1.77. The minimum absolute atomic E-state index is 0.0689. The molecule has 0 unspecified atom stereocenters. The molecule has 0 bridgehead atoms. The molecule has 102 valence electrons. The molecule has 1 aliphatic heterocycles. The van der Waals surface area contributed by atoms with Gasteiger partial charge in [0.05, 0.1) is 5.75 Å². The van der Waals surface area contributed by atoms with Crippen molar-refractivity contribution in [1.82, 2.24) is 10.6 Å². The largest absolute Gasteiger partial charge is 0.352 e. The highest BCUT2D eigenvalue weighted by molar-refractivity contribution is 8.00. The Kier molecular flexibility index (Phi) is 5.76. The Morgan fingerprint density at radius 1 is 1.37 bits per heavy atom. The topological polar surface area (TPSA) is 41.1 Å². The van der Waals surface area contributed by atoms with Crippen molar-refractivity contribution in [1.29, 1.82) is 0 Å². The normalized spacial score (nSPS) is 14.9. The monoisotopic (exact) mass is 296 g/mol. The molecule has 1 amide bonds. The van der Waals surface area contributed by atoms with Crippen LogP contribution < -0.4 is 10.6 Å². The Morgan fingerprint density at radius 3 is 2.84 bits per heavy atom. The molecule has 0 fully saturated rings. The molecule has 2 rings (SSSR count). The van der Waals surface area contributed by atoms with Gasteiger partial charge in [0.25, 0.3) is 0 Å². The van der Waals surface area contributed by atoms with Crippen molar-refractivity contribution in [3.63, 3.8) is 0 Å². The van der Waals surface area contributed by atoms with E-state index >= 15 is 0 Å². The van der Waals surface area contributed by atoms with Gasteiger partial charge in [0.2, 0.25) is 5.91 Å². The molecule has 1 aromatic carbocycles. The van der Waals surface area contributed by atoms with Crippen molar-refractivity contribution < 1.29 is 4.79 Å². The number of thioether (sulfide) groups is 1. The molecule has 1 heterocycles. The molecule has 0 saturated carbocycles. The van der Waals surface area contributed by atoms with Crippen molar-refractivity contribution in [2.24, 2.45) is 0 Å². The van der Waals surface area contributed by atoms with Gasteiger partial charge in [-0.15, -0.1) is 11.8 Å². The summed E-state index contributed by atoms with van der Waals surface area (Å²) >= 11 is 7.33. The molecule has 0 aliphatic carbocycles. The summed E-state index contributed by atoms with van der Waals surface area (Å²) < 4.78 is 0. The molecule has 0 aromatic heterocycles. The van der Waals surface area contributed by atoms with Crippen LogP contribution in [0.25, 0.3) is 0 Å². The fraction of sp³-hybridized carbons (Fsp3) is 0.357. The lowest BCUT2D eigenvalue weighted by Gasteiger charge is -2.14. The second kappa shape index (κ2) is 7.58. The third-order valence-corrected chi connectivity index (χ3v) is 4.12. The predicted octanol–water partition coefficient (Wildman–Crippen LogP) is 2.47. The van der Waals surface area contributed by atoms with Crippen LogP contribution in [-0.2, 0) is 4.79 Å². The van der Waals surface area contributed by atoms with Crippen molar-refractivity contribution in [2.45, 2.75) is 11.3 Å². The van der Waals surface area contributed by atoms with Crippen LogP contribution in [0.1, 0.15) is 6.42 Å². The van der Waals surface area contributed by atoms with Crippen LogP contribution in [0.5, 0.6) is 0 Å². The molecule has 0 radical (unpaired) electrons. The molecular formula is C14H17ClN2OS. The van der Waals surface area contributed by atoms with Crippen LogP contribution in [0, 0.1) is 0 Å². The number of halogens is 1. The molecule has 3 nitrogen and oxygen atoms in total. The molecule has 1 aliphatic rings. The summed E-state index contributed by atoms with van der Waals surface area (Å²) in [6, 6.07) is 7.52. The maximum atomic E-state index is 11.7. The number of carbonyl (C=O) groups excluding carboxylic acids is 1. The summed E-state index contributed by atoms with van der Waals surface area (Å²) in [6.45, 7) is 2.58. The average molecular weight is 297 g/mol. The van der Waals surface area contributed by atoms with E-state index in [4.69, 9.17) is 11.6 Å². The first-order valence-electron chi connectivity index (χ1n) is 6.28. The van der Waals surface area contributed by atoms with Crippen LogP contribution >= 0.6 is 23.4 Å². The van der Waals surface area contributed by atoms with Gasteiger partial charge in [0.15, 0.2) is 0 Å². The molecule has 0 spiro atoms. The van der Waals surface area contributed by atoms with Gasteiger partial charge in [-0.05, 0) is 37.2 Å². The highest BCUT2D eigenvalue weighted by Crippen LogP contribution is 2.19. The Balaban J connectivity index is 1.69. The van der Waals surface area contributed by atoms with E-state index in [0.717, 1.165) is 24.4 Å². The molecule has 1 aromatic rings. The summed E-state index contributed by atoms with van der Waals surface area (Å²) in [4.78, 5) is 12.8. The first-order valence-corrected chi connectivity index (χ1v) is 7.64. The standard InChI is InChI=1S/C14H17ClN2OS/c15-12-1-3-13(4-2-12)19-10-14(18)17-9-11-5-7-16-8-6-11/h1-5,16H,6-10H2,(H,17,18). The van der Waals surface area contributed by atoms with Crippen LogP contribution in [0.4, 0.5) is 0 Å². The maximum absolute atomic E-state index is 11.7. The van der Waals surface area contributed by atoms with Crippen molar-refractivity contribution >= 4 is 29.3 Å². The van der Waals surface area contributed by atoms with E-state index in [9.17, 15) is 4.79 Å². The number of nitrogens with one attached hydrogen (secondary N) is 2. The predicted molar refractivity (Wildman–Crippen MR) is 80.8 cm³/mol. The zero-order valence-corrected chi connectivity index (χ0v) is 12.2. The average Bonchev–Trinajstić information content (AvgIpc) is 2.45. The number of rotatable bonds is 5. The summed E-state index contributed by atoms with van der Waals surface area (Å²) in [5.41, 5.74) is 1.31. The lowest BCUT2D eigenvalue weighted by Crippen LogP contribution is -2.30. The van der Waals surface area contributed by atoms with Gasteiger partial charge in [-0.25, -0.2) is 0 Å². The van der Waals surface area contributed by atoms with Gasteiger partial charge in [-0.3, -0.25) is 4.79 Å². The summed E-state index contributed by atoms with van der Waals surface area (Å²) in [5, 5.41) is 6.92. The molecule has 5 heteroatoms. The van der Waals surface area contributed by atoms with E-state index in [2.05, 4.69) is 16.7 Å². The first kappa shape index (κ1) is 14.4. The zero-order chi connectivity index (χ0) is 13.5. The second-order valence-corrected chi connectivity index (χ2v) is 5.82. The van der Waals surface area contributed by atoms with Gasteiger partial charge >= 0.3 is 0 Å². The number of benzene rings is 1. The van der Waals surface area contributed by atoms with Crippen molar-refractivity contribution in [3.8, 4) is 0 Å². The molecule has 0 saturated heterocycles. The Morgan fingerprint density at radius 2 is 2.16 bits per heavy atom. The Bertz CT molecular complexity index is 459. The SMILES string of the molecule is O=C(CSc1ccc(Cl)cc1)NCC1=CCNCC1. The van der Waals surface area contributed by atoms with Crippen LogP contribution in [0.15, 0.2) is 40.8 Å². The van der Waals surface area contributed by atoms with E-state index < -0.39 is 0 Å². The highest BCUT2D eigenvalue weighted by Gasteiger charge is 2.06. The van der Waals surface area contributed by atoms with Crippen molar-refractivity contribution in [2.75, 3.05) is 25.4 Å². The molecule has 0 atom stereocenters. The van der Waals surface area contributed by atoms with Crippen molar-refractivity contribution in [3.05, 3.63) is 40.9 Å². The van der Waals surface area contributed by atoms with Gasteiger partial charge in [-0.1, -0.05) is 23.3 Å². The van der Waals surface area contributed by atoms with Crippen LogP contribution in [-0.4, -0.2) is 31.3 Å². The van der Waals surface area contributed by atoms with E-state index in [1.807, 2.05) is 24.3 Å². The van der Waals surface area contributed by atoms with Crippen LogP contribution in [0.2, 0.25) is 5.02 Å². The van der Waals surface area contributed by atoms with Crippen LogP contribution in [0.3, 0.4) is 0 Å². The third-order valence-electron chi connectivity index (χ3n) is 2.85. The smallest absolute Gasteiger partial charge is 0.230 e. The first-order chi connectivity index (χ1) is 9.24. The van der Waals surface area contributed by atoms with Gasteiger partial charge in [-0.2, -0.15) is 0 Å². The number of hydrogen-bond acceptors (Lipinski definition) is 3. The molecule has 2 N–H and O–H groups in total.